The third-order valence-electron chi connectivity index (χ3n) is 6.39. The van der Waals surface area contributed by atoms with Gasteiger partial charge in [0.1, 0.15) is 18.0 Å². The van der Waals surface area contributed by atoms with Crippen molar-refractivity contribution >= 4 is 17.3 Å². The number of aryl methyl sites for hydroxylation is 1. The minimum atomic E-state index is -0.0464. The molecule has 4 aromatic rings. The first-order valence-corrected chi connectivity index (χ1v) is 12.9. The number of nitrogens with zero attached hydrogens (tertiary/aromatic N) is 5. The zero-order valence-electron chi connectivity index (χ0n) is 21.3. The van der Waals surface area contributed by atoms with Gasteiger partial charge in [-0.1, -0.05) is 63.4 Å². The summed E-state index contributed by atoms with van der Waals surface area (Å²) in [4.78, 5) is 13.0. The summed E-state index contributed by atoms with van der Waals surface area (Å²) in [5.74, 6) is 1.94. The van der Waals surface area contributed by atoms with Crippen molar-refractivity contribution in [3.8, 4) is 0 Å². The Morgan fingerprint density at radius 1 is 0.944 bits per heavy atom. The monoisotopic (exact) mass is 487 g/mol. The molecule has 0 aliphatic heterocycles. The Morgan fingerprint density at radius 2 is 1.72 bits per heavy atom. The molecule has 1 atom stereocenters. The van der Waals surface area contributed by atoms with Crippen molar-refractivity contribution in [2.24, 2.45) is 0 Å². The molecular weight excluding hydrogens is 450 g/mol. The number of anilines is 2. The van der Waals surface area contributed by atoms with Crippen molar-refractivity contribution in [3.63, 3.8) is 0 Å². The lowest BCUT2D eigenvalue weighted by Gasteiger charge is -2.18. The number of unbranched alkanes of at least 4 members (excludes halogenated alkanes) is 3. The molecule has 1 aromatic carbocycles. The van der Waals surface area contributed by atoms with Crippen LogP contribution in [0.4, 0.5) is 11.6 Å². The maximum absolute atomic E-state index is 10.0. The summed E-state index contributed by atoms with van der Waals surface area (Å²) >= 11 is 0. The first-order chi connectivity index (χ1) is 17.6. The minimum Gasteiger partial charge on any atom is -0.394 e. The second-order valence-corrected chi connectivity index (χ2v) is 9.58. The van der Waals surface area contributed by atoms with E-state index in [0.717, 1.165) is 61.4 Å². The van der Waals surface area contributed by atoms with Crippen LogP contribution in [-0.2, 0) is 13.0 Å². The van der Waals surface area contributed by atoms with Gasteiger partial charge in [0.05, 0.1) is 18.8 Å². The molecule has 0 bridgehead atoms. The van der Waals surface area contributed by atoms with Crippen LogP contribution in [0.5, 0.6) is 0 Å². The molecule has 3 N–H and O–H groups in total. The Hall–Kier alpha value is -3.52. The predicted molar refractivity (Wildman–Crippen MR) is 144 cm³/mol. The van der Waals surface area contributed by atoms with Crippen molar-refractivity contribution in [2.45, 2.75) is 70.9 Å². The van der Waals surface area contributed by atoms with Crippen LogP contribution in [-0.4, -0.2) is 42.3 Å². The van der Waals surface area contributed by atoms with Crippen LogP contribution in [0.1, 0.15) is 68.6 Å². The van der Waals surface area contributed by atoms with Gasteiger partial charge in [-0.2, -0.15) is 9.61 Å². The number of rotatable bonds is 14. The number of aromatic nitrogens is 5. The molecule has 0 spiro atoms. The Bertz CT molecular complexity index is 1190. The van der Waals surface area contributed by atoms with Crippen LogP contribution in [0.15, 0.2) is 61.3 Å². The summed E-state index contributed by atoms with van der Waals surface area (Å²) in [6.45, 7) is 5.06. The highest BCUT2D eigenvalue weighted by atomic mass is 16.3. The number of aliphatic hydroxyl groups excluding tert-OH is 1. The molecule has 0 unspecified atom stereocenters. The van der Waals surface area contributed by atoms with Crippen LogP contribution >= 0.6 is 0 Å². The standard InChI is InChI=1S/C28H37N7O/c1-21(2)25-18-32-35-27(31-17-22-10-7-5-8-11-22)14-26(34-28(25)35)33-24(19-36)13-9-4-3-6-12-23-15-29-20-30-16-23/h5,7-8,10-11,14-16,18,20-21,24,31,36H,3-4,6,9,12-13,17,19H2,1-2H3,(H,33,34)/t24-/m0/s1. The van der Waals surface area contributed by atoms with E-state index in [1.807, 2.05) is 47.4 Å². The van der Waals surface area contributed by atoms with Crippen LogP contribution in [0.3, 0.4) is 0 Å². The Labute approximate surface area is 213 Å². The molecule has 0 aliphatic rings. The molecule has 4 rings (SSSR count). The van der Waals surface area contributed by atoms with Crippen LogP contribution < -0.4 is 10.6 Å². The molecule has 0 saturated carbocycles. The quantitative estimate of drug-likeness (QED) is 0.210. The van der Waals surface area contributed by atoms with Gasteiger partial charge >= 0.3 is 0 Å². The van der Waals surface area contributed by atoms with Gasteiger partial charge in [0.15, 0.2) is 5.65 Å². The molecule has 8 nitrogen and oxygen atoms in total. The average molecular weight is 488 g/mol. The van der Waals surface area contributed by atoms with Gasteiger partial charge in [0.2, 0.25) is 0 Å². The second kappa shape index (κ2) is 13.0. The first kappa shape index (κ1) is 25.6. The zero-order valence-corrected chi connectivity index (χ0v) is 21.3. The van der Waals surface area contributed by atoms with E-state index in [1.165, 1.54) is 11.1 Å². The third-order valence-corrected chi connectivity index (χ3v) is 6.39. The number of hydrogen-bond donors (Lipinski definition) is 3. The number of aliphatic hydroxyl groups is 1. The van der Waals surface area contributed by atoms with Crippen molar-refractivity contribution in [1.82, 2.24) is 24.6 Å². The lowest BCUT2D eigenvalue weighted by molar-refractivity contribution is 0.266. The van der Waals surface area contributed by atoms with Crippen LogP contribution in [0, 0.1) is 0 Å². The fourth-order valence-corrected chi connectivity index (χ4v) is 4.33. The Kier molecular flexibility index (Phi) is 9.21. The van der Waals surface area contributed by atoms with E-state index in [4.69, 9.17) is 4.98 Å². The zero-order chi connectivity index (χ0) is 25.2. The average Bonchev–Trinajstić information content (AvgIpc) is 3.34. The predicted octanol–water partition coefficient (Wildman–Crippen LogP) is 5.22. The van der Waals surface area contributed by atoms with Gasteiger partial charge in [-0.25, -0.2) is 15.0 Å². The van der Waals surface area contributed by atoms with E-state index in [-0.39, 0.29) is 12.6 Å². The van der Waals surface area contributed by atoms with Gasteiger partial charge in [0, 0.05) is 30.6 Å². The Morgan fingerprint density at radius 3 is 2.47 bits per heavy atom. The normalized spacial score (nSPS) is 12.2. The van der Waals surface area contributed by atoms with Crippen molar-refractivity contribution in [3.05, 3.63) is 78.0 Å². The maximum Gasteiger partial charge on any atom is 0.163 e. The second-order valence-electron chi connectivity index (χ2n) is 9.58. The fourth-order valence-electron chi connectivity index (χ4n) is 4.33. The number of hydrogen-bond acceptors (Lipinski definition) is 7. The number of nitrogens with one attached hydrogen (secondary N) is 2. The molecule has 0 saturated heterocycles. The summed E-state index contributed by atoms with van der Waals surface area (Å²) in [5.41, 5.74) is 4.32. The molecule has 0 fully saturated rings. The lowest BCUT2D eigenvalue weighted by Crippen LogP contribution is -2.24. The first-order valence-electron chi connectivity index (χ1n) is 12.9. The van der Waals surface area contributed by atoms with Crippen LogP contribution in [0.25, 0.3) is 5.65 Å². The van der Waals surface area contributed by atoms with Gasteiger partial charge in [-0.05, 0) is 36.3 Å². The summed E-state index contributed by atoms with van der Waals surface area (Å²) in [7, 11) is 0. The van der Waals surface area contributed by atoms with Crippen molar-refractivity contribution in [2.75, 3.05) is 17.2 Å². The fraction of sp³-hybridized carbons (Fsp3) is 0.429. The highest BCUT2D eigenvalue weighted by Gasteiger charge is 2.16. The molecule has 3 aromatic heterocycles. The van der Waals surface area contributed by atoms with Gasteiger partial charge in [-0.15, -0.1) is 0 Å². The smallest absolute Gasteiger partial charge is 0.163 e. The lowest BCUT2D eigenvalue weighted by atomic mass is 10.0. The molecule has 0 aliphatic carbocycles. The van der Waals surface area contributed by atoms with Crippen molar-refractivity contribution in [1.29, 1.82) is 0 Å². The van der Waals surface area contributed by atoms with E-state index in [1.54, 1.807) is 6.33 Å². The molecule has 36 heavy (non-hydrogen) atoms. The molecule has 190 valence electrons. The number of fused-ring (bicyclic) bond motifs is 1. The SMILES string of the molecule is CC(C)c1cnn2c(NCc3ccccc3)cc(N[C@H](CO)CCCCCCc3cncnc3)nc12. The van der Waals surface area contributed by atoms with E-state index in [2.05, 4.69) is 51.7 Å². The van der Waals surface area contributed by atoms with E-state index in [9.17, 15) is 5.11 Å². The number of benzene rings is 1. The molecular formula is C28H37N7O. The largest absolute Gasteiger partial charge is 0.394 e. The maximum atomic E-state index is 10.0. The van der Waals surface area contributed by atoms with Gasteiger partial charge in [-0.3, -0.25) is 0 Å². The third kappa shape index (κ3) is 7.01. The summed E-state index contributed by atoms with van der Waals surface area (Å²) in [6, 6.07) is 12.2. The highest BCUT2D eigenvalue weighted by molar-refractivity contribution is 5.61. The molecule has 8 heteroatoms. The van der Waals surface area contributed by atoms with E-state index < -0.39 is 0 Å². The molecule has 3 heterocycles. The minimum absolute atomic E-state index is 0.0464. The Balaban J connectivity index is 1.37. The van der Waals surface area contributed by atoms with E-state index >= 15 is 0 Å². The topological polar surface area (TPSA) is 100 Å². The summed E-state index contributed by atoms with van der Waals surface area (Å²) < 4.78 is 1.87. The van der Waals surface area contributed by atoms with Crippen LogP contribution in [0.2, 0.25) is 0 Å². The van der Waals surface area contributed by atoms with E-state index in [0.29, 0.717) is 12.5 Å². The van der Waals surface area contributed by atoms with Crippen molar-refractivity contribution < 1.29 is 5.11 Å². The summed E-state index contributed by atoms with van der Waals surface area (Å²) in [6.07, 6.45) is 13.6. The molecule has 0 radical (unpaired) electrons. The molecule has 0 amide bonds. The van der Waals surface area contributed by atoms with Gasteiger partial charge < -0.3 is 15.7 Å². The highest BCUT2D eigenvalue weighted by Crippen LogP contribution is 2.25. The summed E-state index contributed by atoms with van der Waals surface area (Å²) in [5, 5.41) is 21.6. The van der Waals surface area contributed by atoms with Gasteiger partial charge in [0.25, 0.3) is 0 Å².